The van der Waals surface area contributed by atoms with E-state index in [0.29, 0.717) is 12.6 Å². The summed E-state index contributed by atoms with van der Waals surface area (Å²) in [5, 5.41) is 6.83. The number of benzene rings is 2. The number of hydrogen-bond donors (Lipinski definition) is 2. The maximum absolute atomic E-state index is 11.4. The van der Waals surface area contributed by atoms with Crippen molar-refractivity contribution in [3.63, 3.8) is 0 Å². The van der Waals surface area contributed by atoms with E-state index in [0.717, 1.165) is 36.6 Å². The van der Waals surface area contributed by atoms with Gasteiger partial charge >= 0.3 is 0 Å². The van der Waals surface area contributed by atoms with E-state index in [1.807, 2.05) is 30.3 Å². The maximum Gasteiger partial charge on any atom is 0.191 e. The molecule has 0 aliphatic carbocycles. The Morgan fingerprint density at radius 3 is 2.43 bits per heavy atom. The van der Waals surface area contributed by atoms with Crippen molar-refractivity contribution in [2.45, 2.75) is 24.8 Å². The number of nitrogens with zero attached hydrogens (tertiary/aromatic N) is 2. The average Bonchev–Trinajstić information content (AvgIpc) is 3.14. The summed E-state index contributed by atoms with van der Waals surface area (Å²) < 4.78 is 22.8. The smallest absolute Gasteiger partial charge is 0.191 e. The summed E-state index contributed by atoms with van der Waals surface area (Å²) in [5.41, 5.74) is 3.14. The first kappa shape index (κ1) is 20.2. The Bertz CT molecular complexity index is 896. The highest BCUT2D eigenvalue weighted by Crippen LogP contribution is 2.19. The van der Waals surface area contributed by atoms with Gasteiger partial charge in [0.15, 0.2) is 15.8 Å². The van der Waals surface area contributed by atoms with E-state index in [1.165, 1.54) is 11.9 Å². The van der Waals surface area contributed by atoms with Crippen molar-refractivity contribution in [3.8, 4) is 0 Å². The molecule has 0 bridgehead atoms. The first-order valence-electron chi connectivity index (χ1n) is 9.46. The summed E-state index contributed by atoms with van der Waals surface area (Å²) in [4.78, 5) is 6.71. The predicted molar refractivity (Wildman–Crippen MR) is 115 cm³/mol. The van der Waals surface area contributed by atoms with Crippen LogP contribution in [0.2, 0.25) is 0 Å². The van der Waals surface area contributed by atoms with Crippen LogP contribution < -0.4 is 15.5 Å². The second-order valence-electron chi connectivity index (χ2n) is 7.22. The zero-order valence-electron chi connectivity index (χ0n) is 16.4. The molecule has 0 aromatic heterocycles. The van der Waals surface area contributed by atoms with Crippen molar-refractivity contribution in [1.82, 2.24) is 10.6 Å². The molecule has 0 spiro atoms. The molecule has 6 nitrogen and oxygen atoms in total. The van der Waals surface area contributed by atoms with E-state index < -0.39 is 9.84 Å². The monoisotopic (exact) mass is 400 g/mol. The van der Waals surface area contributed by atoms with Gasteiger partial charge in [0.2, 0.25) is 0 Å². The lowest BCUT2D eigenvalue weighted by molar-refractivity contribution is 0.601. The van der Waals surface area contributed by atoms with Crippen molar-refractivity contribution in [2.24, 2.45) is 4.99 Å². The molecule has 1 aliphatic heterocycles. The third-order valence-corrected chi connectivity index (χ3v) is 5.64. The molecule has 1 saturated heterocycles. The Morgan fingerprint density at radius 1 is 1.11 bits per heavy atom. The number of para-hydroxylation sites is 1. The number of guanidine groups is 1. The van der Waals surface area contributed by atoms with Gasteiger partial charge in [-0.15, -0.1) is 0 Å². The lowest BCUT2D eigenvalue weighted by Crippen LogP contribution is -2.44. The number of sulfone groups is 1. The van der Waals surface area contributed by atoms with Crippen molar-refractivity contribution in [1.29, 1.82) is 0 Å². The average molecular weight is 401 g/mol. The van der Waals surface area contributed by atoms with Crippen LogP contribution in [0.15, 0.2) is 59.6 Å². The van der Waals surface area contributed by atoms with E-state index in [9.17, 15) is 8.42 Å². The van der Waals surface area contributed by atoms with Gasteiger partial charge in [0.1, 0.15) is 0 Å². The van der Waals surface area contributed by atoms with Crippen molar-refractivity contribution >= 4 is 21.5 Å². The van der Waals surface area contributed by atoms with E-state index in [-0.39, 0.29) is 5.75 Å². The molecule has 28 heavy (non-hydrogen) atoms. The molecule has 2 aromatic carbocycles. The predicted octanol–water partition coefficient (Wildman–Crippen LogP) is 2.18. The molecule has 7 heteroatoms. The molecule has 0 saturated carbocycles. The fourth-order valence-electron chi connectivity index (χ4n) is 3.38. The third kappa shape index (κ3) is 5.99. The highest BCUT2D eigenvalue weighted by atomic mass is 32.2. The van der Waals surface area contributed by atoms with Gasteiger partial charge < -0.3 is 15.5 Å². The summed E-state index contributed by atoms with van der Waals surface area (Å²) in [6, 6.07) is 18.4. The molecule has 1 unspecified atom stereocenters. The molecule has 150 valence electrons. The molecule has 2 N–H and O–H groups in total. The van der Waals surface area contributed by atoms with Gasteiger partial charge in [-0.3, -0.25) is 4.99 Å². The molecule has 2 aromatic rings. The molecular weight excluding hydrogens is 372 g/mol. The highest BCUT2D eigenvalue weighted by molar-refractivity contribution is 7.89. The fourth-order valence-corrected chi connectivity index (χ4v) is 4.18. The summed E-state index contributed by atoms with van der Waals surface area (Å²) in [6.45, 7) is 2.61. The molecule has 0 radical (unpaired) electrons. The van der Waals surface area contributed by atoms with Gasteiger partial charge in [-0.25, -0.2) is 8.42 Å². The van der Waals surface area contributed by atoms with Crippen LogP contribution in [0, 0.1) is 0 Å². The largest absolute Gasteiger partial charge is 0.369 e. The van der Waals surface area contributed by atoms with Crippen molar-refractivity contribution in [3.05, 3.63) is 65.7 Å². The summed E-state index contributed by atoms with van der Waals surface area (Å²) >= 11 is 0. The minimum atomic E-state index is -3.01. The number of rotatable bonds is 6. The second kappa shape index (κ2) is 9.10. The van der Waals surface area contributed by atoms with Crippen LogP contribution in [0.25, 0.3) is 0 Å². The Kier molecular flexibility index (Phi) is 6.57. The standard InChI is InChI=1S/C21H28N4O2S/c1-22-21(23-14-17-8-10-18(11-9-17)16-28(2,26)27)24-19-12-13-25(15-19)20-6-4-3-5-7-20/h3-11,19H,12-16H2,1-2H3,(H2,22,23,24). The summed E-state index contributed by atoms with van der Waals surface area (Å²) in [6.07, 6.45) is 2.32. The quantitative estimate of drug-likeness (QED) is 0.574. The van der Waals surface area contributed by atoms with Crippen LogP contribution in [0.5, 0.6) is 0 Å². The van der Waals surface area contributed by atoms with E-state index >= 15 is 0 Å². The zero-order valence-corrected chi connectivity index (χ0v) is 17.2. The second-order valence-corrected chi connectivity index (χ2v) is 9.36. The Hall–Kier alpha value is -2.54. The third-order valence-electron chi connectivity index (χ3n) is 4.79. The number of anilines is 1. The van der Waals surface area contributed by atoms with E-state index in [2.05, 4.69) is 44.8 Å². The normalized spacial score (nSPS) is 17.6. The van der Waals surface area contributed by atoms with Crippen LogP contribution in [0.3, 0.4) is 0 Å². The fraction of sp³-hybridized carbons (Fsp3) is 0.381. The number of aliphatic imine (C=N–C) groups is 1. The lowest BCUT2D eigenvalue weighted by Gasteiger charge is -2.20. The van der Waals surface area contributed by atoms with E-state index in [4.69, 9.17) is 0 Å². The summed E-state index contributed by atoms with van der Waals surface area (Å²) in [7, 11) is -1.23. The van der Waals surface area contributed by atoms with Gasteiger partial charge in [-0.05, 0) is 29.7 Å². The van der Waals surface area contributed by atoms with E-state index in [1.54, 1.807) is 7.05 Å². The first-order chi connectivity index (χ1) is 13.4. The maximum atomic E-state index is 11.4. The molecule has 1 fully saturated rings. The molecule has 1 aliphatic rings. The van der Waals surface area contributed by atoms with Crippen LogP contribution in [-0.2, 0) is 22.1 Å². The zero-order chi connectivity index (χ0) is 20.0. The molecule has 1 atom stereocenters. The van der Waals surface area contributed by atoms with Gasteiger partial charge in [-0.1, -0.05) is 42.5 Å². The Morgan fingerprint density at radius 2 is 1.79 bits per heavy atom. The van der Waals surface area contributed by atoms with Crippen LogP contribution in [0.4, 0.5) is 5.69 Å². The minimum absolute atomic E-state index is 0.0729. The van der Waals surface area contributed by atoms with Gasteiger partial charge in [0, 0.05) is 44.7 Å². The van der Waals surface area contributed by atoms with Gasteiger partial charge in [0.05, 0.1) is 5.75 Å². The highest BCUT2D eigenvalue weighted by Gasteiger charge is 2.23. The molecule has 3 rings (SSSR count). The number of nitrogens with one attached hydrogen (secondary N) is 2. The lowest BCUT2D eigenvalue weighted by atomic mass is 10.1. The molecule has 0 amide bonds. The van der Waals surface area contributed by atoms with Crippen molar-refractivity contribution in [2.75, 3.05) is 31.3 Å². The van der Waals surface area contributed by atoms with Gasteiger partial charge in [-0.2, -0.15) is 0 Å². The van der Waals surface area contributed by atoms with Crippen LogP contribution >= 0.6 is 0 Å². The minimum Gasteiger partial charge on any atom is -0.369 e. The van der Waals surface area contributed by atoms with Crippen molar-refractivity contribution < 1.29 is 8.42 Å². The van der Waals surface area contributed by atoms with Crippen LogP contribution in [0.1, 0.15) is 17.5 Å². The SMILES string of the molecule is CN=C(NCc1ccc(CS(C)(=O)=O)cc1)NC1CCN(c2ccccc2)C1. The first-order valence-corrected chi connectivity index (χ1v) is 11.5. The van der Waals surface area contributed by atoms with Gasteiger partial charge in [0.25, 0.3) is 0 Å². The van der Waals surface area contributed by atoms with Crippen LogP contribution in [-0.4, -0.2) is 46.8 Å². The molecule has 1 heterocycles. The topological polar surface area (TPSA) is 73.8 Å². The Labute approximate surface area is 167 Å². The number of hydrogen-bond acceptors (Lipinski definition) is 4. The summed E-state index contributed by atoms with van der Waals surface area (Å²) in [5.74, 6) is 0.851. The Balaban J connectivity index is 1.49. The molecular formula is C21H28N4O2S.